The van der Waals surface area contributed by atoms with Gasteiger partial charge < -0.3 is 16.0 Å². The van der Waals surface area contributed by atoms with Crippen LogP contribution >= 0.6 is 0 Å². The number of hydrogen-bond acceptors (Lipinski definition) is 3. The lowest BCUT2D eigenvalue weighted by Crippen LogP contribution is -2.30. The Kier molecular flexibility index (Phi) is 6.71. The van der Waals surface area contributed by atoms with Gasteiger partial charge in [-0.25, -0.2) is 4.39 Å². The molecule has 0 aliphatic rings. The highest BCUT2D eigenvalue weighted by molar-refractivity contribution is 6.10. The standard InChI is InChI=1S/C23H22FN3O2/c1-16(17-7-3-2-4-8-17)25-15-22(28)27-21-10-6-5-9-20(21)23(29)26-19-13-11-18(24)12-14-19/h2-14,16,25H,15H2,1H3,(H,26,29)(H,27,28)/t16-/m0/s1. The van der Waals surface area contributed by atoms with Crippen molar-refractivity contribution in [3.8, 4) is 0 Å². The van der Waals surface area contributed by atoms with Crippen molar-refractivity contribution in [3.05, 3.63) is 95.8 Å². The molecule has 0 aromatic heterocycles. The average Bonchev–Trinajstić information content (AvgIpc) is 2.74. The van der Waals surface area contributed by atoms with Crippen molar-refractivity contribution in [2.75, 3.05) is 17.2 Å². The molecule has 3 N–H and O–H groups in total. The molecule has 148 valence electrons. The van der Waals surface area contributed by atoms with Gasteiger partial charge in [-0.2, -0.15) is 0 Å². The third kappa shape index (κ3) is 5.73. The first-order valence-electron chi connectivity index (χ1n) is 9.27. The number of benzene rings is 3. The van der Waals surface area contributed by atoms with E-state index in [1.54, 1.807) is 24.3 Å². The van der Waals surface area contributed by atoms with E-state index in [1.165, 1.54) is 24.3 Å². The van der Waals surface area contributed by atoms with Crippen molar-refractivity contribution < 1.29 is 14.0 Å². The lowest BCUT2D eigenvalue weighted by atomic mass is 10.1. The number of para-hydroxylation sites is 1. The van der Waals surface area contributed by atoms with Gasteiger partial charge in [-0.1, -0.05) is 42.5 Å². The van der Waals surface area contributed by atoms with Gasteiger partial charge in [0.2, 0.25) is 5.91 Å². The summed E-state index contributed by atoms with van der Waals surface area (Å²) in [7, 11) is 0. The Bertz CT molecular complexity index is 975. The molecule has 3 aromatic carbocycles. The Morgan fingerprint density at radius 1 is 0.862 bits per heavy atom. The fourth-order valence-corrected chi connectivity index (χ4v) is 2.82. The molecule has 0 aliphatic carbocycles. The Morgan fingerprint density at radius 2 is 1.52 bits per heavy atom. The van der Waals surface area contributed by atoms with E-state index in [4.69, 9.17) is 0 Å². The van der Waals surface area contributed by atoms with E-state index >= 15 is 0 Å². The minimum absolute atomic E-state index is 0.0129. The number of halogens is 1. The quantitative estimate of drug-likeness (QED) is 0.560. The van der Waals surface area contributed by atoms with E-state index in [2.05, 4.69) is 16.0 Å². The van der Waals surface area contributed by atoms with E-state index in [9.17, 15) is 14.0 Å². The summed E-state index contributed by atoms with van der Waals surface area (Å²) in [5.74, 6) is -1.03. The maximum atomic E-state index is 13.0. The van der Waals surface area contributed by atoms with Crippen LogP contribution in [-0.2, 0) is 4.79 Å². The molecule has 2 amide bonds. The van der Waals surface area contributed by atoms with E-state index in [-0.39, 0.29) is 24.3 Å². The second-order valence-corrected chi connectivity index (χ2v) is 6.57. The molecule has 0 bridgehead atoms. The van der Waals surface area contributed by atoms with Gasteiger partial charge in [-0.3, -0.25) is 9.59 Å². The van der Waals surface area contributed by atoms with E-state index in [1.807, 2.05) is 37.3 Å². The van der Waals surface area contributed by atoms with Crippen LogP contribution in [0.4, 0.5) is 15.8 Å². The molecule has 0 fully saturated rings. The minimum atomic E-state index is -0.391. The molecule has 29 heavy (non-hydrogen) atoms. The molecule has 0 heterocycles. The van der Waals surface area contributed by atoms with E-state index in [0.29, 0.717) is 16.9 Å². The molecule has 0 radical (unpaired) electrons. The fourth-order valence-electron chi connectivity index (χ4n) is 2.82. The van der Waals surface area contributed by atoms with Crippen LogP contribution in [0.2, 0.25) is 0 Å². The number of nitrogens with one attached hydrogen (secondary N) is 3. The molecule has 0 unspecified atom stereocenters. The molecule has 1 atom stereocenters. The van der Waals surface area contributed by atoms with Crippen LogP contribution in [0, 0.1) is 5.82 Å². The van der Waals surface area contributed by atoms with Crippen LogP contribution in [0.15, 0.2) is 78.9 Å². The van der Waals surface area contributed by atoms with Crippen molar-refractivity contribution in [2.24, 2.45) is 0 Å². The van der Waals surface area contributed by atoms with Gasteiger partial charge in [0.15, 0.2) is 0 Å². The highest BCUT2D eigenvalue weighted by Crippen LogP contribution is 2.18. The Balaban J connectivity index is 1.61. The van der Waals surface area contributed by atoms with E-state index in [0.717, 1.165) is 5.56 Å². The van der Waals surface area contributed by atoms with Crippen molar-refractivity contribution in [1.29, 1.82) is 0 Å². The molecule has 0 saturated carbocycles. The smallest absolute Gasteiger partial charge is 0.257 e. The summed E-state index contributed by atoms with van der Waals surface area (Å²) >= 11 is 0. The molecule has 5 nitrogen and oxygen atoms in total. The first kappa shape index (κ1) is 20.2. The van der Waals surface area contributed by atoms with Gasteiger partial charge >= 0.3 is 0 Å². The molecule has 0 spiro atoms. The summed E-state index contributed by atoms with van der Waals surface area (Å²) in [6, 6.07) is 22.1. The monoisotopic (exact) mass is 391 g/mol. The first-order valence-corrected chi connectivity index (χ1v) is 9.27. The van der Waals surface area contributed by atoms with Gasteiger partial charge in [0, 0.05) is 11.7 Å². The zero-order chi connectivity index (χ0) is 20.6. The highest BCUT2D eigenvalue weighted by Gasteiger charge is 2.14. The van der Waals surface area contributed by atoms with Crippen LogP contribution in [0.5, 0.6) is 0 Å². The van der Waals surface area contributed by atoms with Crippen LogP contribution in [-0.4, -0.2) is 18.4 Å². The Morgan fingerprint density at radius 3 is 2.24 bits per heavy atom. The zero-order valence-electron chi connectivity index (χ0n) is 16.0. The number of amides is 2. The van der Waals surface area contributed by atoms with Crippen LogP contribution in [0.3, 0.4) is 0 Å². The Labute approximate surface area is 169 Å². The number of carbonyl (C=O) groups excluding carboxylic acids is 2. The lowest BCUT2D eigenvalue weighted by molar-refractivity contribution is -0.115. The van der Waals surface area contributed by atoms with Crippen molar-refractivity contribution >= 4 is 23.2 Å². The Hall–Kier alpha value is -3.51. The van der Waals surface area contributed by atoms with Crippen LogP contribution < -0.4 is 16.0 Å². The number of rotatable bonds is 7. The normalized spacial score (nSPS) is 11.5. The third-order valence-corrected chi connectivity index (χ3v) is 4.42. The predicted octanol–water partition coefficient (Wildman–Crippen LogP) is 4.37. The van der Waals surface area contributed by atoms with Gasteiger partial charge in [0.1, 0.15) is 5.82 Å². The molecule has 3 aromatic rings. The second-order valence-electron chi connectivity index (χ2n) is 6.57. The number of carbonyl (C=O) groups is 2. The van der Waals surface area contributed by atoms with Gasteiger partial charge in [-0.15, -0.1) is 0 Å². The third-order valence-electron chi connectivity index (χ3n) is 4.42. The topological polar surface area (TPSA) is 70.2 Å². The molecule has 0 saturated heterocycles. The summed E-state index contributed by atoms with van der Waals surface area (Å²) in [6.45, 7) is 2.08. The average molecular weight is 391 g/mol. The summed E-state index contributed by atoms with van der Waals surface area (Å²) < 4.78 is 13.0. The molecule has 6 heteroatoms. The SMILES string of the molecule is C[C@H](NCC(=O)Nc1ccccc1C(=O)Nc1ccc(F)cc1)c1ccccc1. The van der Waals surface area contributed by atoms with Gasteiger partial charge in [-0.05, 0) is 48.9 Å². The summed E-state index contributed by atoms with van der Waals surface area (Å²) in [6.07, 6.45) is 0. The summed E-state index contributed by atoms with van der Waals surface area (Å²) in [5, 5.41) is 8.63. The maximum absolute atomic E-state index is 13.0. The number of anilines is 2. The van der Waals surface area contributed by atoms with E-state index < -0.39 is 5.91 Å². The van der Waals surface area contributed by atoms with Crippen molar-refractivity contribution in [2.45, 2.75) is 13.0 Å². The molecular formula is C23H22FN3O2. The summed E-state index contributed by atoms with van der Waals surface area (Å²) in [5.41, 5.74) is 2.28. The largest absolute Gasteiger partial charge is 0.324 e. The summed E-state index contributed by atoms with van der Waals surface area (Å²) in [4.78, 5) is 25.0. The maximum Gasteiger partial charge on any atom is 0.257 e. The molecular weight excluding hydrogens is 369 g/mol. The predicted molar refractivity (Wildman–Crippen MR) is 112 cm³/mol. The van der Waals surface area contributed by atoms with Gasteiger partial charge in [0.05, 0.1) is 17.8 Å². The van der Waals surface area contributed by atoms with Crippen molar-refractivity contribution in [1.82, 2.24) is 5.32 Å². The molecule has 0 aliphatic heterocycles. The van der Waals surface area contributed by atoms with Crippen LogP contribution in [0.1, 0.15) is 28.9 Å². The van der Waals surface area contributed by atoms with Crippen molar-refractivity contribution in [3.63, 3.8) is 0 Å². The highest BCUT2D eigenvalue weighted by atomic mass is 19.1. The number of hydrogen-bond donors (Lipinski definition) is 3. The molecule has 3 rings (SSSR count). The first-order chi connectivity index (χ1) is 14.0. The fraction of sp³-hybridized carbons (Fsp3) is 0.130. The minimum Gasteiger partial charge on any atom is -0.324 e. The van der Waals surface area contributed by atoms with Gasteiger partial charge in [0.25, 0.3) is 5.91 Å². The lowest BCUT2D eigenvalue weighted by Gasteiger charge is -2.15. The van der Waals surface area contributed by atoms with Crippen LogP contribution in [0.25, 0.3) is 0 Å². The zero-order valence-corrected chi connectivity index (χ0v) is 16.0. The second kappa shape index (κ2) is 9.61.